The van der Waals surface area contributed by atoms with Crippen LogP contribution in [-0.2, 0) is 0 Å². The van der Waals surface area contributed by atoms with Crippen molar-refractivity contribution in [3.63, 3.8) is 0 Å². The Bertz CT molecular complexity index is 259. The molecule has 2 aliphatic rings. The molecule has 0 radical (unpaired) electrons. The van der Waals surface area contributed by atoms with Gasteiger partial charge in [-0.05, 0) is 95.2 Å². The summed E-state index contributed by atoms with van der Waals surface area (Å²) in [6.45, 7) is 10.2. The minimum Gasteiger partial charge on any atom is -0.330 e. The van der Waals surface area contributed by atoms with Crippen LogP contribution >= 0.6 is 0 Å². The normalized spacial score (nSPS) is 31.5. The second kappa shape index (κ2) is 8.98. The standard InChI is InChI=1S/C16H34N4/c1-2-18-10-15-8-16(15)12-20-6-4-3-5-19-11-14-7-13(14)9-17/h13-16,18-20H,2-12,17H2,1H3/t13-,14-,15+,16+/m0/s1. The molecular formula is C16H34N4. The SMILES string of the molecule is CCNC[C@H]1C[C@@H]1CNCCCCNC[C@@H]1C[C@H]1CN. The first-order valence-electron chi connectivity index (χ1n) is 8.67. The molecule has 0 saturated heterocycles. The summed E-state index contributed by atoms with van der Waals surface area (Å²) in [6, 6.07) is 0. The van der Waals surface area contributed by atoms with E-state index >= 15 is 0 Å². The summed E-state index contributed by atoms with van der Waals surface area (Å²) in [4.78, 5) is 0. The van der Waals surface area contributed by atoms with Crippen LogP contribution < -0.4 is 21.7 Å². The Morgan fingerprint density at radius 1 is 0.800 bits per heavy atom. The van der Waals surface area contributed by atoms with Gasteiger partial charge >= 0.3 is 0 Å². The van der Waals surface area contributed by atoms with E-state index in [2.05, 4.69) is 22.9 Å². The van der Waals surface area contributed by atoms with Crippen molar-refractivity contribution in [2.45, 2.75) is 32.6 Å². The van der Waals surface area contributed by atoms with Crippen LogP contribution in [0, 0.1) is 23.7 Å². The second-order valence-corrected chi connectivity index (χ2v) is 6.67. The fraction of sp³-hybridized carbons (Fsp3) is 1.00. The molecule has 2 rings (SSSR count). The number of hydrogen-bond donors (Lipinski definition) is 4. The van der Waals surface area contributed by atoms with Crippen LogP contribution in [0.1, 0.15) is 32.6 Å². The highest BCUT2D eigenvalue weighted by Crippen LogP contribution is 2.37. The summed E-state index contributed by atoms with van der Waals surface area (Å²) in [6.07, 6.45) is 5.35. The van der Waals surface area contributed by atoms with E-state index in [1.54, 1.807) is 0 Å². The van der Waals surface area contributed by atoms with Crippen molar-refractivity contribution in [3.05, 3.63) is 0 Å². The molecule has 0 aromatic rings. The second-order valence-electron chi connectivity index (χ2n) is 6.67. The monoisotopic (exact) mass is 282 g/mol. The van der Waals surface area contributed by atoms with E-state index in [1.807, 2.05) is 0 Å². The quantitative estimate of drug-likeness (QED) is 0.377. The fourth-order valence-electron chi connectivity index (χ4n) is 3.06. The zero-order valence-corrected chi connectivity index (χ0v) is 13.2. The Balaban J connectivity index is 1.28. The third-order valence-electron chi connectivity index (χ3n) is 4.87. The van der Waals surface area contributed by atoms with Crippen LogP contribution in [0.3, 0.4) is 0 Å². The molecule has 4 atom stereocenters. The summed E-state index contributed by atoms with van der Waals surface area (Å²) >= 11 is 0. The minimum absolute atomic E-state index is 0.817. The molecule has 0 heterocycles. The van der Waals surface area contributed by atoms with Crippen molar-refractivity contribution in [2.75, 3.05) is 45.8 Å². The highest BCUT2D eigenvalue weighted by Gasteiger charge is 2.35. The van der Waals surface area contributed by atoms with E-state index < -0.39 is 0 Å². The summed E-state index contributed by atoms with van der Waals surface area (Å²) < 4.78 is 0. The van der Waals surface area contributed by atoms with E-state index in [-0.39, 0.29) is 0 Å². The van der Waals surface area contributed by atoms with Gasteiger partial charge in [0.1, 0.15) is 0 Å². The Hall–Kier alpha value is -0.160. The van der Waals surface area contributed by atoms with Gasteiger partial charge in [0.25, 0.3) is 0 Å². The van der Waals surface area contributed by atoms with Gasteiger partial charge in [0, 0.05) is 0 Å². The van der Waals surface area contributed by atoms with Gasteiger partial charge in [0.05, 0.1) is 0 Å². The summed E-state index contributed by atoms with van der Waals surface area (Å²) in [7, 11) is 0. The average Bonchev–Trinajstić information content (AvgIpc) is 3.35. The predicted octanol–water partition coefficient (Wildman–Crippen LogP) is 0.786. The van der Waals surface area contributed by atoms with Crippen molar-refractivity contribution in [3.8, 4) is 0 Å². The van der Waals surface area contributed by atoms with E-state index in [1.165, 1.54) is 58.4 Å². The van der Waals surface area contributed by atoms with E-state index in [0.717, 1.165) is 36.8 Å². The Labute approximate surface area is 124 Å². The van der Waals surface area contributed by atoms with E-state index in [0.29, 0.717) is 0 Å². The van der Waals surface area contributed by atoms with Gasteiger partial charge in [-0.25, -0.2) is 0 Å². The van der Waals surface area contributed by atoms with Crippen LogP contribution in [-0.4, -0.2) is 45.8 Å². The van der Waals surface area contributed by atoms with E-state index in [9.17, 15) is 0 Å². The minimum atomic E-state index is 0.817. The number of nitrogens with two attached hydrogens (primary N) is 1. The first-order chi connectivity index (χ1) is 9.85. The number of rotatable bonds is 13. The molecule has 4 heteroatoms. The van der Waals surface area contributed by atoms with Crippen molar-refractivity contribution < 1.29 is 0 Å². The Morgan fingerprint density at radius 2 is 1.30 bits per heavy atom. The Kier molecular flexibility index (Phi) is 7.28. The van der Waals surface area contributed by atoms with Crippen molar-refractivity contribution in [1.29, 1.82) is 0 Å². The van der Waals surface area contributed by atoms with Crippen molar-refractivity contribution in [2.24, 2.45) is 29.4 Å². The topological polar surface area (TPSA) is 62.1 Å². The fourth-order valence-corrected chi connectivity index (χ4v) is 3.06. The maximum atomic E-state index is 5.64. The van der Waals surface area contributed by atoms with Crippen LogP contribution in [0.25, 0.3) is 0 Å². The molecular weight excluding hydrogens is 248 g/mol. The molecule has 2 fully saturated rings. The van der Waals surface area contributed by atoms with E-state index in [4.69, 9.17) is 5.73 Å². The molecule has 0 aliphatic heterocycles. The molecule has 2 aliphatic carbocycles. The van der Waals surface area contributed by atoms with Crippen LogP contribution in [0.15, 0.2) is 0 Å². The highest BCUT2D eigenvalue weighted by molar-refractivity contribution is 4.89. The smallest absolute Gasteiger partial charge is 0.00173 e. The zero-order chi connectivity index (χ0) is 14.2. The number of nitrogens with one attached hydrogen (secondary N) is 3. The molecule has 0 amide bonds. The first kappa shape index (κ1) is 16.2. The average molecular weight is 282 g/mol. The van der Waals surface area contributed by atoms with Crippen molar-refractivity contribution >= 4 is 0 Å². The molecule has 0 aromatic carbocycles. The molecule has 0 aromatic heterocycles. The molecule has 4 nitrogen and oxygen atoms in total. The van der Waals surface area contributed by atoms with Gasteiger partial charge in [-0.15, -0.1) is 0 Å². The zero-order valence-electron chi connectivity index (χ0n) is 13.2. The van der Waals surface area contributed by atoms with Gasteiger partial charge in [-0.2, -0.15) is 0 Å². The molecule has 0 spiro atoms. The lowest BCUT2D eigenvalue weighted by Crippen LogP contribution is -2.23. The van der Waals surface area contributed by atoms with Gasteiger partial charge in [-0.1, -0.05) is 6.92 Å². The highest BCUT2D eigenvalue weighted by atomic mass is 14.9. The first-order valence-corrected chi connectivity index (χ1v) is 8.67. The lowest BCUT2D eigenvalue weighted by molar-refractivity contribution is 0.534. The molecule has 5 N–H and O–H groups in total. The largest absolute Gasteiger partial charge is 0.330 e. The molecule has 118 valence electrons. The number of hydrogen-bond acceptors (Lipinski definition) is 4. The molecule has 0 bridgehead atoms. The van der Waals surface area contributed by atoms with Crippen LogP contribution in [0.2, 0.25) is 0 Å². The van der Waals surface area contributed by atoms with Crippen molar-refractivity contribution in [1.82, 2.24) is 16.0 Å². The summed E-state index contributed by atoms with van der Waals surface area (Å²) in [5.74, 6) is 3.58. The van der Waals surface area contributed by atoms with Gasteiger partial charge in [-0.3, -0.25) is 0 Å². The van der Waals surface area contributed by atoms with Gasteiger partial charge in [0.15, 0.2) is 0 Å². The summed E-state index contributed by atoms with van der Waals surface area (Å²) in [5.41, 5.74) is 5.64. The lowest BCUT2D eigenvalue weighted by Gasteiger charge is -2.06. The van der Waals surface area contributed by atoms with Gasteiger partial charge in [0.2, 0.25) is 0 Å². The maximum Gasteiger partial charge on any atom is -0.00173 e. The predicted molar refractivity (Wildman–Crippen MR) is 85.8 cm³/mol. The third-order valence-corrected chi connectivity index (χ3v) is 4.87. The van der Waals surface area contributed by atoms with Gasteiger partial charge < -0.3 is 21.7 Å². The third kappa shape index (κ3) is 6.08. The molecule has 0 unspecified atom stereocenters. The maximum absolute atomic E-state index is 5.64. The number of unbranched alkanes of at least 4 members (excludes halogenated alkanes) is 1. The molecule has 20 heavy (non-hydrogen) atoms. The van der Waals surface area contributed by atoms with Crippen LogP contribution in [0.4, 0.5) is 0 Å². The Morgan fingerprint density at radius 3 is 1.80 bits per heavy atom. The lowest BCUT2D eigenvalue weighted by atomic mass is 10.2. The summed E-state index contributed by atoms with van der Waals surface area (Å²) in [5, 5.41) is 10.6. The van der Waals surface area contributed by atoms with Crippen LogP contribution in [0.5, 0.6) is 0 Å². The molecule has 2 saturated carbocycles.